The number of benzene rings is 2. The molecule has 0 saturated carbocycles. The van der Waals surface area contributed by atoms with E-state index in [0.29, 0.717) is 17.8 Å². The molecule has 3 N–H and O–H groups in total. The SMILES string of the molecule is Nc1cc(Br)ccc1C(=O)NCc1ccc(F)cc1. The minimum absolute atomic E-state index is 0.255. The van der Waals surface area contributed by atoms with Gasteiger partial charge in [0.15, 0.2) is 0 Å². The highest BCUT2D eigenvalue weighted by atomic mass is 79.9. The van der Waals surface area contributed by atoms with Crippen molar-refractivity contribution in [2.75, 3.05) is 5.73 Å². The molecule has 2 rings (SSSR count). The van der Waals surface area contributed by atoms with Crippen molar-refractivity contribution in [3.8, 4) is 0 Å². The highest BCUT2D eigenvalue weighted by Gasteiger charge is 2.09. The van der Waals surface area contributed by atoms with Crippen LogP contribution in [0.5, 0.6) is 0 Å². The van der Waals surface area contributed by atoms with Crippen LogP contribution in [0.4, 0.5) is 10.1 Å². The predicted octanol–water partition coefficient (Wildman–Crippen LogP) is 3.10. The summed E-state index contributed by atoms with van der Waals surface area (Å²) in [5.41, 5.74) is 7.43. The van der Waals surface area contributed by atoms with Crippen molar-refractivity contribution in [2.24, 2.45) is 0 Å². The highest BCUT2D eigenvalue weighted by molar-refractivity contribution is 9.10. The molecule has 0 fully saturated rings. The van der Waals surface area contributed by atoms with Gasteiger partial charge in [-0.2, -0.15) is 0 Å². The van der Waals surface area contributed by atoms with Crippen LogP contribution < -0.4 is 11.1 Å². The van der Waals surface area contributed by atoms with E-state index in [2.05, 4.69) is 21.2 Å². The second-order valence-corrected chi connectivity index (χ2v) is 4.96. The van der Waals surface area contributed by atoms with E-state index in [1.807, 2.05) is 0 Å². The minimum Gasteiger partial charge on any atom is -0.398 e. The van der Waals surface area contributed by atoms with E-state index in [9.17, 15) is 9.18 Å². The average molecular weight is 323 g/mol. The summed E-state index contributed by atoms with van der Waals surface area (Å²) in [7, 11) is 0. The van der Waals surface area contributed by atoms with Crippen LogP contribution in [0.15, 0.2) is 46.9 Å². The molecule has 0 aliphatic heterocycles. The van der Waals surface area contributed by atoms with Crippen molar-refractivity contribution in [2.45, 2.75) is 6.54 Å². The predicted molar refractivity (Wildman–Crippen MR) is 76.1 cm³/mol. The molecular formula is C14H12BrFN2O. The minimum atomic E-state index is -0.299. The molecule has 2 aromatic carbocycles. The van der Waals surface area contributed by atoms with Crippen molar-refractivity contribution in [3.05, 3.63) is 63.9 Å². The lowest BCUT2D eigenvalue weighted by molar-refractivity contribution is 0.0952. The fourth-order valence-electron chi connectivity index (χ4n) is 1.62. The molecule has 0 aromatic heterocycles. The van der Waals surface area contributed by atoms with Crippen LogP contribution in [0, 0.1) is 5.82 Å². The lowest BCUT2D eigenvalue weighted by atomic mass is 10.1. The summed E-state index contributed by atoms with van der Waals surface area (Å²) in [5.74, 6) is -0.554. The number of halogens is 2. The highest BCUT2D eigenvalue weighted by Crippen LogP contribution is 2.18. The van der Waals surface area contributed by atoms with Crippen LogP contribution in [-0.4, -0.2) is 5.91 Å². The van der Waals surface area contributed by atoms with E-state index >= 15 is 0 Å². The number of nitrogen functional groups attached to an aromatic ring is 1. The van der Waals surface area contributed by atoms with Gasteiger partial charge in [0.1, 0.15) is 5.82 Å². The number of nitrogens with one attached hydrogen (secondary N) is 1. The van der Waals surface area contributed by atoms with E-state index in [1.54, 1.807) is 30.3 Å². The summed E-state index contributed by atoms with van der Waals surface area (Å²) in [6.45, 7) is 0.328. The molecule has 0 spiro atoms. The molecule has 0 aliphatic rings. The third-order valence-electron chi connectivity index (χ3n) is 2.62. The number of amides is 1. The molecule has 0 bridgehead atoms. The lowest BCUT2D eigenvalue weighted by Gasteiger charge is -2.08. The zero-order chi connectivity index (χ0) is 13.8. The summed E-state index contributed by atoms with van der Waals surface area (Å²) in [6, 6.07) is 11.0. The smallest absolute Gasteiger partial charge is 0.253 e. The molecular weight excluding hydrogens is 311 g/mol. The standard InChI is InChI=1S/C14H12BrFN2O/c15-10-3-6-12(13(17)7-10)14(19)18-8-9-1-4-11(16)5-2-9/h1-7H,8,17H2,(H,18,19). The Hall–Kier alpha value is -1.88. The second-order valence-electron chi connectivity index (χ2n) is 4.04. The first-order valence-electron chi connectivity index (χ1n) is 5.64. The third-order valence-corrected chi connectivity index (χ3v) is 3.12. The Morgan fingerprint density at radius 3 is 2.53 bits per heavy atom. The number of carbonyl (C=O) groups excluding carboxylic acids is 1. The molecule has 1 amide bonds. The monoisotopic (exact) mass is 322 g/mol. The lowest BCUT2D eigenvalue weighted by Crippen LogP contribution is -2.23. The zero-order valence-electron chi connectivity index (χ0n) is 9.99. The maximum Gasteiger partial charge on any atom is 0.253 e. The number of rotatable bonds is 3. The van der Waals surface area contributed by atoms with Crippen LogP contribution in [-0.2, 0) is 6.54 Å². The summed E-state index contributed by atoms with van der Waals surface area (Å²) in [6.07, 6.45) is 0. The van der Waals surface area contributed by atoms with Gasteiger partial charge < -0.3 is 11.1 Å². The molecule has 0 unspecified atom stereocenters. The Morgan fingerprint density at radius 1 is 1.21 bits per heavy atom. The van der Waals surface area contributed by atoms with Crippen LogP contribution in [0.1, 0.15) is 15.9 Å². The molecule has 0 radical (unpaired) electrons. The maximum atomic E-state index is 12.7. The Kier molecular flexibility index (Phi) is 4.16. The van der Waals surface area contributed by atoms with E-state index in [0.717, 1.165) is 10.0 Å². The Bertz CT molecular complexity index is 599. The zero-order valence-corrected chi connectivity index (χ0v) is 11.6. The Balaban J connectivity index is 2.03. The van der Waals surface area contributed by atoms with Gasteiger partial charge in [0, 0.05) is 16.7 Å². The number of nitrogens with two attached hydrogens (primary N) is 1. The number of anilines is 1. The molecule has 19 heavy (non-hydrogen) atoms. The third kappa shape index (κ3) is 3.54. The van der Waals surface area contributed by atoms with Gasteiger partial charge in [0.2, 0.25) is 0 Å². The molecule has 3 nitrogen and oxygen atoms in total. The van der Waals surface area contributed by atoms with E-state index in [1.165, 1.54) is 12.1 Å². The van der Waals surface area contributed by atoms with Crippen LogP contribution in [0.25, 0.3) is 0 Å². The topological polar surface area (TPSA) is 55.1 Å². The van der Waals surface area contributed by atoms with E-state index < -0.39 is 0 Å². The number of hydrogen-bond acceptors (Lipinski definition) is 2. The summed E-state index contributed by atoms with van der Waals surface area (Å²) >= 11 is 3.28. The largest absolute Gasteiger partial charge is 0.398 e. The molecule has 0 heterocycles. The molecule has 0 aliphatic carbocycles. The van der Waals surface area contributed by atoms with Crippen molar-refractivity contribution < 1.29 is 9.18 Å². The van der Waals surface area contributed by atoms with Gasteiger partial charge in [-0.1, -0.05) is 28.1 Å². The molecule has 0 atom stereocenters. The summed E-state index contributed by atoms with van der Waals surface area (Å²) in [5, 5.41) is 2.74. The van der Waals surface area contributed by atoms with Crippen LogP contribution in [0.2, 0.25) is 0 Å². The van der Waals surface area contributed by atoms with Crippen molar-refractivity contribution in [1.29, 1.82) is 0 Å². The van der Waals surface area contributed by atoms with Crippen molar-refractivity contribution in [1.82, 2.24) is 5.32 Å². The first kappa shape index (κ1) is 13.5. The maximum absolute atomic E-state index is 12.7. The second kappa shape index (κ2) is 5.84. The number of carbonyl (C=O) groups is 1. The molecule has 0 saturated heterocycles. The van der Waals surface area contributed by atoms with Crippen molar-refractivity contribution in [3.63, 3.8) is 0 Å². The normalized spacial score (nSPS) is 10.2. The molecule has 2 aromatic rings. The Morgan fingerprint density at radius 2 is 1.89 bits per heavy atom. The number of hydrogen-bond donors (Lipinski definition) is 2. The molecule has 5 heteroatoms. The fourth-order valence-corrected chi connectivity index (χ4v) is 2.00. The van der Waals surface area contributed by atoms with Gasteiger partial charge in [-0.15, -0.1) is 0 Å². The first-order valence-corrected chi connectivity index (χ1v) is 6.43. The van der Waals surface area contributed by atoms with E-state index in [-0.39, 0.29) is 11.7 Å². The van der Waals surface area contributed by atoms with Crippen molar-refractivity contribution >= 4 is 27.5 Å². The van der Waals surface area contributed by atoms with Gasteiger partial charge in [-0.3, -0.25) is 4.79 Å². The van der Waals surface area contributed by atoms with Gasteiger partial charge in [0.05, 0.1) is 5.56 Å². The van der Waals surface area contributed by atoms with Gasteiger partial charge in [0.25, 0.3) is 5.91 Å². The quantitative estimate of drug-likeness (QED) is 0.853. The van der Waals surface area contributed by atoms with Crippen LogP contribution in [0.3, 0.4) is 0 Å². The first-order chi connectivity index (χ1) is 9.06. The van der Waals surface area contributed by atoms with Gasteiger partial charge >= 0.3 is 0 Å². The van der Waals surface area contributed by atoms with Crippen LogP contribution >= 0.6 is 15.9 Å². The van der Waals surface area contributed by atoms with Gasteiger partial charge in [-0.25, -0.2) is 4.39 Å². The summed E-state index contributed by atoms with van der Waals surface area (Å²) < 4.78 is 13.6. The van der Waals surface area contributed by atoms with Gasteiger partial charge in [-0.05, 0) is 35.9 Å². The molecule has 98 valence electrons. The fraction of sp³-hybridized carbons (Fsp3) is 0.0714. The van der Waals surface area contributed by atoms with E-state index in [4.69, 9.17) is 5.73 Å². The average Bonchev–Trinajstić information content (AvgIpc) is 2.37. The summed E-state index contributed by atoms with van der Waals surface area (Å²) in [4.78, 5) is 11.9. The Labute approximate surface area is 118 Å².